The van der Waals surface area contributed by atoms with E-state index in [1.807, 2.05) is 0 Å². The van der Waals surface area contributed by atoms with Crippen LogP contribution in [0.15, 0.2) is 84.7 Å². The molecule has 0 N–H and O–H groups in total. The van der Waals surface area contributed by atoms with Gasteiger partial charge in [-0.3, -0.25) is 0 Å². The predicted molar refractivity (Wildman–Crippen MR) is 136 cm³/mol. The fourth-order valence-electron chi connectivity index (χ4n) is 3.15. The summed E-state index contributed by atoms with van der Waals surface area (Å²) in [5, 5.41) is 0. The number of carbonyl (C=O) groups excluding carboxylic acids is 3. The maximum Gasteiger partial charge on any atom is 0.338 e. The Morgan fingerprint density at radius 1 is 0.917 bits per heavy atom. The van der Waals surface area contributed by atoms with E-state index in [1.54, 1.807) is 43.4 Å². The molecule has 0 saturated heterocycles. The van der Waals surface area contributed by atoms with Gasteiger partial charge in [-0.1, -0.05) is 44.0 Å². The van der Waals surface area contributed by atoms with Gasteiger partial charge < -0.3 is 14.2 Å². The standard InChI is InChI=1S/C29H31FO6/c1-18(2)27(31)34-16-22(17-35-28(32)19(3)4)14-21-10-13-25(26(30)15-21)23-8-7-9-24(12-11-23)36-29(33)20(5)6/h7,9-13,15,22H,1,3,5,8,14,16-17H2,2,4,6H3. The van der Waals surface area contributed by atoms with E-state index in [1.165, 1.54) is 19.9 Å². The van der Waals surface area contributed by atoms with E-state index in [0.29, 0.717) is 35.3 Å². The quantitative estimate of drug-likeness (QED) is 0.227. The van der Waals surface area contributed by atoms with E-state index in [4.69, 9.17) is 14.2 Å². The summed E-state index contributed by atoms with van der Waals surface area (Å²) in [7, 11) is 0. The van der Waals surface area contributed by atoms with Crippen molar-refractivity contribution in [3.05, 3.63) is 102 Å². The Morgan fingerprint density at radius 3 is 2.03 bits per heavy atom. The first kappa shape index (κ1) is 28.2. The average molecular weight is 495 g/mol. The van der Waals surface area contributed by atoms with Gasteiger partial charge in [-0.05, 0) is 63.0 Å². The maximum atomic E-state index is 15.1. The largest absolute Gasteiger partial charge is 0.462 e. The predicted octanol–water partition coefficient (Wildman–Crippen LogP) is 5.57. The molecule has 0 heterocycles. The molecule has 0 bridgehead atoms. The van der Waals surface area contributed by atoms with Crippen LogP contribution in [0.2, 0.25) is 0 Å². The third-order valence-corrected chi connectivity index (χ3v) is 5.13. The number of esters is 3. The van der Waals surface area contributed by atoms with Crippen molar-refractivity contribution in [3.8, 4) is 0 Å². The molecule has 0 radical (unpaired) electrons. The first-order valence-corrected chi connectivity index (χ1v) is 11.4. The third-order valence-electron chi connectivity index (χ3n) is 5.13. The van der Waals surface area contributed by atoms with Crippen molar-refractivity contribution in [2.75, 3.05) is 13.2 Å². The molecule has 36 heavy (non-hydrogen) atoms. The molecule has 1 aliphatic rings. The van der Waals surface area contributed by atoms with Crippen LogP contribution in [0.1, 0.15) is 38.3 Å². The number of hydrogen-bond acceptors (Lipinski definition) is 6. The Hall–Kier alpha value is -4.00. The maximum absolute atomic E-state index is 15.1. The summed E-state index contributed by atoms with van der Waals surface area (Å²) in [5.74, 6) is -2.12. The number of rotatable bonds is 11. The van der Waals surface area contributed by atoms with Crippen LogP contribution in [0.4, 0.5) is 4.39 Å². The molecule has 1 aromatic rings. The summed E-state index contributed by atoms with van der Waals surface area (Å²) in [4.78, 5) is 35.4. The van der Waals surface area contributed by atoms with Gasteiger partial charge in [0.15, 0.2) is 0 Å². The number of halogens is 1. The zero-order valence-corrected chi connectivity index (χ0v) is 20.9. The minimum Gasteiger partial charge on any atom is -0.462 e. The first-order chi connectivity index (χ1) is 17.0. The van der Waals surface area contributed by atoms with Gasteiger partial charge in [-0.2, -0.15) is 0 Å². The molecular weight excluding hydrogens is 463 g/mol. The Kier molecular flexibility index (Phi) is 10.3. The Morgan fingerprint density at radius 2 is 1.50 bits per heavy atom. The van der Waals surface area contributed by atoms with E-state index in [2.05, 4.69) is 19.7 Å². The van der Waals surface area contributed by atoms with Gasteiger partial charge >= 0.3 is 17.9 Å². The molecule has 190 valence electrons. The first-order valence-electron chi connectivity index (χ1n) is 11.4. The number of carbonyl (C=O) groups is 3. The third kappa shape index (κ3) is 8.65. The molecule has 1 aliphatic carbocycles. The number of ether oxygens (including phenoxy) is 3. The summed E-state index contributed by atoms with van der Waals surface area (Å²) in [6.07, 6.45) is 7.50. The number of allylic oxidation sites excluding steroid dienone is 5. The van der Waals surface area contributed by atoms with Crippen LogP contribution in [0.25, 0.3) is 5.57 Å². The lowest BCUT2D eigenvalue weighted by Gasteiger charge is -2.18. The van der Waals surface area contributed by atoms with Gasteiger partial charge in [-0.15, -0.1) is 0 Å². The van der Waals surface area contributed by atoms with Crippen LogP contribution in [-0.2, 0) is 35.0 Å². The van der Waals surface area contributed by atoms with E-state index in [9.17, 15) is 14.4 Å². The number of hydrogen-bond donors (Lipinski definition) is 0. The lowest BCUT2D eigenvalue weighted by molar-refractivity contribution is -0.144. The highest BCUT2D eigenvalue weighted by Gasteiger charge is 2.18. The van der Waals surface area contributed by atoms with Crippen molar-refractivity contribution in [1.82, 2.24) is 0 Å². The molecule has 1 aromatic carbocycles. The van der Waals surface area contributed by atoms with Gasteiger partial charge in [0.1, 0.15) is 11.6 Å². The lowest BCUT2D eigenvalue weighted by Crippen LogP contribution is -2.23. The monoisotopic (exact) mass is 494 g/mol. The minimum atomic E-state index is -0.553. The molecule has 0 atom stereocenters. The molecule has 0 unspecified atom stereocenters. The van der Waals surface area contributed by atoms with Crippen molar-refractivity contribution in [3.63, 3.8) is 0 Å². The minimum absolute atomic E-state index is 0.0229. The summed E-state index contributed by atoms with van der Waals surface area (Å²) in [6.45, 7) is 15.2. The van der Waals surface area contributed by atoms with Crippen molar-refractivity contribution >= 4 is 23.5 Å². The Bertz CT molecular complexity index is 1140. The van der Waals surface area contributed by atoms with Crippen LogP contribution in [0, 0.1) is 11.7 Å². The molecule has 0 spiro atoms. The molecular formula is C29H31FO6. The van der Waals surface area contributed by atoms with Crippen LogP contribution < -0.4 is 0 Å². The second-order valence-corrected chi connectivity index (χ2v) is 8.68. The van der Waals surface area contributed by atoms with Crippen molar-refractivity contribution in [2.45, 2.75) is 33.6 Å². The van der Waals surface area contributed by atoms with Crippen molar-refractivity contribution < 1.29 is 33.0 Å². The summed E-state index contributed by atoms with van der Waals surface area (Å²) in [6, 6.07) is 4.85. The zero-order chi connectivity index (χ0) is 26.8. The SMILES string of the molecule is C=C(C)C(=O)OCC(COC(=O)C(=C)C)Cc1ccc(C2=CC=C(OC(=O)C(=C)C)C=CC2)c(F)c1. The second-order valence-electron chi connectivity index (χ2n) is 8.68. The van der Waals surface area contributed by atoms with Crippen molar-refractivity contribution in [2.24, 2.45) is 5.92 Å². The molecule has 0 saturated carbocycles. The van der Waals surface area contributed by atoms with Crippen LogP contribution in [0.3, 0.4) is 0 Å². The molecule has 0 fully saturated rings. The van der Waals surface area contributed by atoms with E-state index in [0.717, 1.165) is 0 Å². The summed E-state index contributed by atoms with van der Waals surface area (Å²) in [5.41, 5.74) is 2.54. The highest BCUT2D eigenvalue weighted by atomic mass is 19.1. The van der Waals surface area contributed by atoms with Crippen molar-refractivity contribution in [1.29, 1.82) is 0 Å². The molecule has 0 aliphatic heterocycles. The molecule has 6 nitrogen and oxygen atoms in total. The Balaban J connectivity index is 2.17. The topological polar surface area (TPSA) is 78.9 Å². The van der Waals surface area contributed by atoms with Gasteiger partial charge in [-0.25, -0.2) is 18.8 Å². The van der Waals surface area contributed by atoms with Gasteiger partial charge in [0.2, 0.25) is 0 Å². The summed E-state index contributed by atoms with van der Waals surface area (Å²) < 4.78 is 30.8. The number of benzene rings is 1. The van der Waals surface area contributed by atoms with E-state index in [-0.39, 0.29) is 29.9 Å². The highest BCUT2D eigenvalue weighted by molar-refractivity contribution is 5.88. The van der Waals surface area contributed by atoms with Gasteiger partial charge in [0.05, 0.1) is 13.2 Å². The Labute approximate surface area is 211 Å². The molecule has 2 rings (SSSR count). The van der Waals surface area contributed by atoms with Crippen LogP contribution in [0.5, 0.6) is 0 Å². The molecule has 7 heteroatoms. The normalized spacial score (nSPS) is 12.7. The molecule has 0 amide bonds. The average Bonchev–Trinajstić information content (AvgIpc) is 3.05. The summed E-state index contributed by atoms with van der Waals surface area (Å²) >= 11 is 0. The zero-order valence-electron chi connectivity index (χ0n) is 20.9. The molecule has 0 aromatic heterocycles. The lowest BCUT2D eigenvalue weighted by atomic mass is 9.96. The van der Waals surface area contributed by atoms with E-state index < -0.39 is 29.6 Å². The second kappa shape index (κ2) is 13.2. The van der Waals surface area contributed by atoms with Gasteiger partial charge in [0, 0.05) is 28.2 Å². The van der Waals surface area contributed by atoms with E-state index >= 15 is 4.39 Å². The van der Waals surface area contributed by atoms with Crippen LogP contribution >= 0.6 is 0 Å². The van der Waals surface area contributed by atoms with Gasteiger partial charge in [0.25, 0.3) is 0 Å². The van der Waals surface area contributed by atoms with Crippen LogP contribution in [-0.4, -0.2) is 31.1 Å². The fraction of sp³-hybridized carbons (Fsp3) is 0.276. The fourth-order valence-corrected chi connectivity index (χ4v) is 3.15. The smallest absolute Gasteiger partial charge is 0.338 e. The highest BCUT2D eigenvalue weighted by Crippen LogP contribution is 2.26.